The van der Waals surface area contributed by atoms with E-state index in [-0.39, 0.29) is 30.6 Å². The summed E-state index contributed by atoms with van der Waals surface area (Å²) in [4.78, 5) is 21.8. The van der Waals surface area contributed by atoms with Crippen LogP contribution in [0, 0.1) is 0 Å². The van der Waals surface area contributed by atoms with Crippen LogP contribution in [-0.4, -0.2) is 18.2 Å². The molecule has 82 valence electrons. The van der Waals surface area contributed by atoms with Gasteiger partial charge < -0.3 is 11.1 Å². The quantitative estimate of drug-likeness (QED) is 0.764. The Kier molecular flexibility index (Phi) is 5.59. The molecular formula is C10H13ClN2O2. The number of halogens is 1. The zero-order chi connectivity index (χ0) is 10.6. The minimum Gasteiger partial charge on any atom is -0.326 e. The molecule has 0 aliphatic rings. The minimum absolute atomic E-state index is 0. The van der Waals surface area contributed by atoms with Gasteiger partial charge in [-0.1, -0.05) is 0 Å². The smallest absolute Gasteiger partial charge is 0.221 e. The molecule has 5 heteroatoms. The lowest BCUT2D eigenvalue weighted by atomic mass is 10.1. The maximum absolute atomic E-state index is 11.1. The van der Waals surface area contributed by atoms with Crippen LogP contribution in [0.4, 0.5) is 5.69 Å². The van der Waals surface area contributed by atoms with Crippen LogP contribution in [0.25, 0.3) is 0 Å². The van der Waals surface area contributed by atoms with Gasteiger partial charge >= 0.3 is 0 Å². The van der Waals surface area contributed by atoms with Gasteiger partial charge in [0.05, 0.1) is 6.54 Å². The summed E-state index contributed by atoms with van der Waals surface area (Å²) >= 11 is 0. The zero-order valence-corrected chi connectivity index (χ0v) is 9.14. The van der Waals surface area contributed by atoms with E-state index in [4.69, 9.17) is 5.73 Å². The Bertz CT molecular complexity index is 349. The van der Waals surface area contributed by atoms with Crippen LogP contribution < -0.4 is 11.1 Å². The molecule has 1 amide bonds. The highest BCUT2D eigenvalue weighted by Crippen LogP contribution is 2.09. The molecule has 0 saturated heterocycles. The van der Waals surface area contributed by atoms with Gasteiger partial charge in [-0.25, -0.2) is 0 Å². The summed E-state index contributed by atoms with van der Waals surface area (Å²) in [7, 11) is 0. The Balaban J connectivity index is 0.00000196. The lowest BCUT2D eigenvalue weighted by Gasteiger charge is -2.02. The Morgan fingerprint density at radius 3 is 2.20 bits per heavy atom. The number of benzene rings is 1. The Morgan fingerprint density at radius 1 is 1.27 bits per heavy atom. The molecule has 15 heavy (non-hydrogen) atoms. The first-order chi connectivity index (χ1) is 6.63. The zero-order valence-electron chi connectivity index (χ0n) is 8.32. The van der Waals surface area contributed by atoms with Crippen LogP contribution in [0.1, 0.15) is 17.3 Å². The fraction of sp³-hybridized carbons (Fsp3) is 0.200. The molecule has 1 aromatic carbocycles. The topological polar surface area (TPSA) is 72.2 Å². The number of amides is 1. The largest absolute Gasteiger partial charge is 0.326 e. The van der Waals surface area contributed by atoms with E-state index >= 15 is 0 Å². The van der Waals surface area contributed by atoms with Crippen molar-refractivity contribution in [1.82, 2.24) is 0 Å². The van der Waals surface area contributed by atoms with E-state index in [1.54, 1.807) is 24.3 Å². The second-order valence-corrected chi connectivity index (χ2v) is 2.89. The van der Waals surface area contributed by atoms with Gasteiger partial charge in [0.25, 0.3) is 0 Å². The van der Waals surface area contributed by atoms with Gasteiger partial charge in [0.15, 0.2) is 5.78 Å². The van der Waals surface area contributed by atoms with E-state index < -0.39 is 0 Å². The van der Waals surface area contributed by atoms with Crippen molar-refractivity contribution in [3.8, 4) is 0 Å². The van der Waals surface area contributed by atoms with Gasteiger partial charge in [-0.2, -0.15) is 0 Å². The fourth-order valence-corrected chi connectivity index (χ4v) is 1.06. The number of nitrogens with one attached hydrogen (secondary N) is 1. The van der Waals surface area contributed by atoms with Crippen LogP contribution >= 0.6 is 12.4 Å². The fourth-order valence-electron chi connectivity index (χ4n) is 1.06. The van der Waals surface area contributed by atoms with Crippen LogP contribution in [0.5, 0.6) is 0 Å². The van der Waals surface area contributed by atoms with Crippen LogP contribution in [-0.2, 0) is 4.79 Å². The number of hydrogen-bond donors (Lipinski definition) is 2. The maximum Gasteiger partial charge on any atom is 0.221 e. The molecule has 0 saturated carbocycles. The molecule has 0 heterocycles. The molecule has 0 unspecified atom stereocenters. The molecule has 1 aromatic rings. The van der Waals surface area contributed by atoms with Crippen LogP contribution in [0.15, 0.2) is 24.3 Å². The number of rotatable bonds is 3. The van der Waals surface area contributed by atoms with Crippen LogP contribution in [0.3, 0.4) is 0 Å². The Hall–Kier alpha value is -1.39. The third-order valence-electron chi connectivity index (χ3n) is 1.71. The lowest BCUT2D eigenvalue weighted by molar-refractivity contribution is -0.114. The van der Waals surface area contributed by atoms with Crippen molar-refractivity contribution in [3.05, 3.63) is 29.8 Å². The SMILES string of the molecule is CC(=O)Nc1ccc(C(=O)CN)cc1.Cl. The van der Waals surface area contributed by atoms with E-state index in [1.807, 2.05) is 0 Å². The maximum atomic E-state index is 11.1. The molecule has 0 atom stereocenters. The average molecular weight is 229 g/mol. The summed E-state index contributed by atoms with van der Waals surface area (Å²) in [6.07, 6.45) is 0. The van der Waals surface area contributed by atoms with Gasteiger partial charge in [-0.3, -0.25) is 9.59 Å². The lowest BCUT2D eigenvalue weighted by Crippen LogP contribution is -2.13. The van der Waals surface area contributed by atoms with E-state index in [0.717, 1.165) is 0 Å². The number of nitrogens with two attached hydrogens (primary N) is 1. The molecule has 0 spiro atoms. The molecule has 0 aliphatic carbocycles. The van der Waals surface area contributed by atoms with Gasteiger partial charge in [-0.15, -0.1) is 12.4 Å². The molecule has 0 aromatic heterocycles. The van der Waals surface area contributed by atoms with Crippen LogP contribution in [0.2, 0.25) is 0 Å². The first-order valence-corrected chi connectivity index (χ1v) is 4.24. The second-order valence-electron chi connectivity index (χ2n) is 2.89. The van der Waals surface area contributed by atoms with E-state index in [0.29, 0.717) is 11.3 Å². The van der Waals surface area contributed by atoms with E-state index in [2.05, 4.69) is 5.32 Å². The first-order valence-electron chi connectivity index (χ1n) is 4.24. The highest BCUT2D eigenvalue weighted by molar-refractivity contribution is 5.98. The summed E-state index contributed by atoms with van der Waals surface area (Å²) in [5.41, 5.74) is 6.43. The molecule has 3 N–H and O–H groups in total. The van der Waals surface area contributed by atoms with Crippen molar-refractivity contribution in [2.75, 3.05) is 11.9 Å². The summed E-state index contributed by atoms with van der Waals surface area (Å²) < 4.78 is 0. The van der Waals surface area contributed by atoms with Gasteiger partial charge in [0.2, 0.25) is 5.91 Å². The molecule has 0 aliphatic heterocycles. The molecule has 0 fully saturated rings. The minimum atomic E-state index is -0.136. The molecule has 4 nitrogen and oxygen atoms in total. The van der Waals surface area contributed by atoms with Crippen molar-refractivity contribution in [2.24, 2.45) is 5.73 Å². The van der Waals surface area contributed by atoms with E-state index in [1.165, 1.54) is 6.92 Å². The van der Waals surface area contributed by atoms with Crippen molar-refractivity contribution < 1.29 is 9.59 Å². The van der Waals surface area contributed by atoms with Gasteiger partial charge in [0, 0.05) is 18.2 Å². The average Bonchev–Trinajstić information content (AvgIpc) is 2.17. The summed E-state index contributed by atoms with van der Waals surface area (Å²) in [6.45, 7) is 1.43. The van der Waals surface area contributed by atoms with Crippen molar-refractivity contribution in [2.45, 2.75) is 6.92 Å². The highest BCUT2D eigenvalue weighted by Gasteiger charge is 2.02. The third kappa shape index (κ3) is 4.10. The third-order valence-corrected chi connectivity index (χ3v) is 1.71. The van der Waals surface area contributed by atoms with Gasteiger partial charge in [-0.05, 0) is 24.3 Å². The summed E-state index contributed by atoms with van der Waals surface area (Å²) in [6, 6.07) is 6.62. The standard InChI is InChI=1S/C10H12N2O2.ClH/c1-7(13)12-9-4-2-8(3-5-9)10(14)6-11;/h2-5H,6,11H2,1H3,(H,12,13);1H. The predicted octanol–water partition coefficient (Wildman–Crippen LogP) is 1.21. The number of anilines is 1. The summed E-state index contributed by atoms with van der Waals surface area (Å²) in [5, 5.41) is 2.61. The highest BCUT2D eigenvalue weighted by atomic mass is 35.5. The van der Waals surface area contributed by atoms with Crippen molar-refractivity contribution in [1.29, 1.82) is 0 Å². The number of Topliss-reactive ketones (excluding diaryl/α,β-unsaturated/α-hetero) is 1. The predicted molar refractivity (Wildman–Crippen MR) is 61.4 cm³/mol. The normalized spacial score (nSPS) is 8.93. The van der Waals surface area contributed by atoms with Crippen molar-refractivity contribution >= 4 is 29.8 Å². The molecular weight excluding hydrogens is 216 g/mol. The van der Waals surface area contributed by atoms with E-state index in [9.17, 15) is 9.59 Å². The van der Waals surface area contributed by atoms with Gasteiger partial charge in [0.1, 0.15) is 0 Å². The first kappa shape index (κ1) is 13.6. The number of hydrogen-bond acceptors (Lipinski definition) is 3. The number of carbonyl (C=O) groups excluding carboxylic acids is 2. The monoisotopic (exact) mass is 228 g/mol. The van der Waals surface area contributed by atoms with Crippen molar-refractivity contribution in [3.63, 3.8) is 0 Å². The molecule has 0 radical (unpaired) electrons. The molecule has 0 bridgehead atoms. The number of carbonyl (C=O) groups is 2. The number of ketones is 1. The second kappa shape index (κ2) is 6.16. The Labute approximate surface area is 94.3 Å². The Morgan fingerprint density at radius 2 is 1.80 bits per heavy atom. The summed E-state index contributed by atoms with van der Waals surface area (Å²) in [5.74, 6) is -0.248. The molecule has 1 rings (SSSR count).